The van der Waals surface area contributed by atoms with Crippen LogP contribution in [-0.4, -0.2) is 24.2 Å². The summed E-state index contributed by atoms with van der Waals surface area (Å²) in [4.78, 5) is 23.4. The molecule has 41 heavy (non-hydrogen) atoms. The summed E-state index contributed by atoms with van der Waals surface area (Å²) in [5.74, 6) is -1.53. The maximum atomic E-state index is 11.7. The van der Waals surface area contributed by atoms with Gasteiger partial charge in [0.25, 0.3) is 11.8 Å². The largest absolute Gasteiger partial charge is 2.00 e. The summed E-state index contributed by atoms with van der Waals surface area (Å²) in [6.45, 7) is 0. The molecule has 4 aromatic rings. The van der Waals surface area contributed by atoms with Crippen molar-refractivity contribution in [1.82, 2.24) is 10.9 Å². The first-order valence-corrected chi connectivity index (χ1v) is 12.8. The second-order valence-electron chi connectivity index (χ2n) is 7.74. The van der Waals surface area contributed by atoms with Gasteiger partial charge in [0.1, 0.15) is 0 Å². The Kier molecular flexibility index (Phi) is 13.6. The molecule has 0 aliphatic heterocycles. The smallest absolute Gasteiger partial charge is 0.871 e. The zero-order valence-electron chi connectivity index (χ0n) is 20.6. The van der Waals surface area contributed by atoms with Gasteiger partial charge in [0.2, 0.25) is 0 Å². The van der Waals surface area contributed by atoms with E-state index in [1.165, 1.54) is 36.7 Å². The second-order valence-corrected chi connectivity index (χ2v) is 9.43. The van der Waals surface area contributed by atoms with Crippen molar-refractivity contribution < 1.29 is 36.6 Å². The molecule has 2 N–H and O–H groups in total. The first-order chi connectivity index (χ1) is 19.2. The Bertz CT molecular complexity index is 1440. The van der Waals surface area contributed by atoms with E-state index in [0.29, 0.717) is 21.2 Å². The van der Waals surface area contributed by atoms with E-state index in [1.807, 2.05) is 0 Å². The molecule has 0 saturated heterocycles. The normalized spacial score (nSPS) is 10.4. The van der Waals surface area contributed by atoms with Gasteiger partial charge in [-0.15, -0.1) is 0 Å². The number of hydrogen-bond donors (Lipinski definition) is 2. The molecule has 0 aromatic heterocycles. The van der Waals surface area contributed by atoms with Crippen LogP contribution in [-0.2, 0) is 16.8 Å². The number of nitrogens with zero attached hydrogens (tertiary/aromatic N) is 2. The zero-order chi connectivity index (χ0) is 29.1. The molecule has 0 aliphatic rings. The van der Waals surface area contributed by atoms with Crippen LogP contribution in [0.4, 0.5) is 0 Å². The van der Waals surface area contributed by atoms with Gasteiger partial charge in [-0.3, -0.25) is 9.59 Å². The number of hydrazone groups is 2. The quantitative estimate of drug-likeness (QED) is 0.202. The monoisotopic (exact) mass is 673 g/mol. The molecule has 1 radical (unpaired) electrons. The van der Waals surface area contributed by atoms with E-state index in [0.717, 1.165) is 0 Å². The van der Waals surface area contributed by atoms with Gasteiger partial charge in [0, 0.05) is 31.2 Å². The third-order valence-electron chi connectivity index (χ3n) is 4.89. The summed E-state index contributed by atoms with van der Waals surface area (Å²) in [6.07, 6.45) is 2.42. The Morgan fingerprint density at radius 3 is 1.29 bits per heavy atom. The maximum absolute atomic E-state index is 11.7. The van der Waals surface area contributed by atoms with E-state index in [-0.39, 0.29) is 49.8 Å². The Morgan fingerprint density at radius 1 is 0.610 bits per heavy atom. The van der Waals surface area contributed by atoms with Crippen LogP contribution in [0.15, 0.2) is 95.1 Å². The number of benzene rings is 4. The predicted octanol–water partition coefficient (Wildman–Crippen LogP) is 5.66. The molecule has 0 bridgehead atoms. The van der Waals surface area contributed by atoms with E-state index < -0.39 is 11.5 Å². The van der Waals surface area contributed by atoms with E-state index in [2.05, 4.69) is 21.1 Å². The van der Waals surface area contributed by atoms with E-state index in [9.17, 15) is 19.8 Å². The molecule has 0 aliphatic carbocycles. The van der Waals surface area contributed by atoms with Crippen LogP contribution in [0.1, 0.15) is 31.8 Å². The topological polar surface area (TPSA) is 129 Å². The van der Waals surface area contributed by atoms with Crippen LogP contribution >= 0.6 is 46.4 Å². The van der Waals surface area contributed by atoms with E-state index in [1.54, 1.807) is 60.7 Å². The van der Waals surface area contributed by atoms with Crippen molar-refractivity contribution in [2.24, 2.45) is 10.2 Å². The number of carbonyl (C=O) groups is 2. The maximum Gasteiger partial charge on any atom is 2.00 e. The van der Waals surface area contributed by atoms with Gasteiger partial charge in [-0.05, 0) is 59.7 Å². The molecule has 0 heterocycles. The van der Waals surface area contributed by atoms with Crippen LogP contribution in [0, 0.1) is 0 Å². The van der Waals surface area contributed by atoms with Crippen molar-refractivity contribution in [2.45, 2.75) is 0 Å². The number of carbonyl (C=O) groups excluding carboxylic acids is 2. The fourth-order valence-corrected chi connectivity index (χ4v) is 4.00. The molecular weight excluding hydrogens is 657 g/mol. The summed E-state index contributed by atoms with van der Waals surface area (Å²) in [7, 11) is 0. The Labute approximate surface area is 265 Å². The number of halogens is 4. The number of nitrogens with one attached hydrogen (secondary N) is 2. The average molecular weight is 675 g/mol. The first kappa shape index (κ1) is 33.6. The van der Waals surface area contributed by atoms with Gasteiger partial charge in [-0.2, -0.15) is 10.2 Å². The van der Waals surface area contributed by atoms with Gasteiger partial charge in [-0.25, -0.2) is 10.9 Å². The summed E-state index contributed by atoms with van der Waals surface area (Å²) >= 11 is 23.0. The first-order valence-electron chi connectivity index (χ1n) is 11.2. The molecule has 0 fully saturated rings. The Hall–Kier alpha value is -3.57. The second kappa shape index (κ2) is 16.6. The zero-order valence-corrected chi connectivity index (χ0v) is 24.7. The summed E-state index contributed by atoms with van der Waals surface area (Å²) in [6, 6.07) is 22.7. The summed E-state index contributed by atoms with van der Waals surface area (Å²) in [5.41, 5.74) is 5.98. The molecule has 0 unspecified atom stereocenters. The molecule has 8 nitrogen and oxygen atoms in total. The number of hydrogen-bond acceptors (Lipinski definition) is 6. The molecular formula is C28H18Cl4CoN4O4. The molecule has 2 amide bonds. The van der Waals surface area contributed by atoms with Crippen molar-refractivity contribution in [2.75, 3.05) is 0 Å². The Balaban J connectivity index is 0.000000280. The minimum atomic E-state index is -0.395. The van der Waals surface area contributed by atoms with Crippen molar-refractivity contribution in [3.8, 4) is 11.5 Å². The van der Waals surface area contributed by atoms with Crippen LogP contribution < -0.4 is 21.1 Å². The Morgan fingerprint density at radius 2 is 0.951 bits per heavy atom. The molecule has 4 aromatic carbocycles. The predicted molar refractivity (Wildman–Crippen MR) is 155 cm³/mol. The standard InChI is InChI=1S/2C14H10Cl2N2O2.Co/c2*15-11-6-10(13(19)12(16)7-11)8-17-18-14(20)9-4-2-1-3-5-9;/h2*1-8,19H,(H,18,20);/q;;+2/p-2/b17-8+;17-8-;. The molecule has 13 heteroatoms. The third-order valence-corrected chi connectivity index (χ3v) is 5.88. The van der Waals surface area contributed by atoms with Crippen molar-refractivity contribution in [1.29, 1.82) is 0 Å². The van der Waals surface area contributed by atoms with Gasteiger partial charge in [-0.1, -0.05) is 94.3 Å². The molecule has 4 rings (SSSR count). The van der Waals surface area contributed by atoms with Crippen LogP contribution in [0.25, 0.3) is 0 Å². The molecule has 0 saturated carbocycles. The summed E-state index contributed by atoms with van der Waals surface area (Å²) < 4.78 is 0. The fraction of sp³-hybridized carbons (Fsp3) is 0. The molecule has 0 spiro atoms. The van der Waals surface area contributed by atoms with Crippen molar-refractivity contribution in [3.63, 3.8) is 0 Å². The van der Waals surface area contributed by atoms with Crippen LogP contribution in [0.2, 0.25) is 20.1 Å². The molecule has 211 valence electrons. The van der Waals surface area contributed by atoms with Crippen molar-refractivity contribution in [3.05, 3.63) is 127 Å². The van der Waals surface area contributed by atoms with Crippen LogP contribution in [0.5, 0.6) is 11.5 Å². The summed E-state index contributed by atoms with van der Waals surface area (Å²) in [5, 5.41) is 31.4. The third kappa shape index (κ3) is 10.4. The minimum absolute atomic E-state index is 0. The average Bonchev–Trinajstić information content (AvgIpc) is 2.95. The van der Waals surface area contributed by atoms with Crippen molar-refractivity contribution >= 4 is 70.6 Å². The van der Waals surface area contributed by atoms with E-state index >= 15 is 0 Å². The minimum Gasteiger partial charge on any atom is -0.871 e. The van der Waals surface area contributed by atoms with E-state index in [4.69, 9.17) is 46.4 Å². The van der Waals surface area contributed by atoms with Gasteiger partial charge in [0.05, 0.1) is 12.4 Å². The fourth-order valence-electron chi connectivity index (χ4n) is 2.98. The molecule has 0 atom stereocenters. The van der Waals surface area contributed by atoms with Gasteiger partial charge in [0.15, 0.2) is 0 Å². The SMILES string of the molecule is O=C(N/N=C/c1cc(Cl)cc(Cl)c1[O-])c1ccccc1.O=C(N/N=C\c1cc(Cl)cc(Cl)c1[O-])c1ccccc1.[Co+2]. The van der Waals surface area contributed by atoms with Gasteiger partial charge >= 0.3 is 16.8 Å². The number of amides is 2. The van der Waals surface area contributed by atoms with Crippen LogP contribution in [0.3, 0.4) is 0 Å². The number of rotatable bonds is 6. The van der Waals surface area contributed by atoms with Gasteiger partial charge < -0.3 is 10.2 Å².